The number of carbonyl (C=O) groups is 2. The van der Waals surface area contributed by atoms with E-state index in [4.69, 9.17) is 5.11 Å². The third-order valence-corrected chi connectivity index (χ3v) is 4.44. The molecule has 0 radical (unpaired) electrons. The van der Waals surface area contributed by atoms with Gasteiger partial charge in [0, 0.05) is 21.4 Å². The molecule has 1 saturated carbocycles. The molecule has 0 aliphatic heterocycles. The number of aromatic amines is 1. The van der Waals surface area contributed by atoms with E-state index >= 15 is 0 Å². The monoisotopic (exact) mass is 350 g/mol. The van der Waals surface area contributed by atoms with Crippen LogP contribution in [0.3, 0.4) is 0 Å². The summed E-state index contributed by atoms with van der Waals surface area (Å²) >= 11 is 3.40. The number of carboxylic acid groups (broad SMARTS) is 1. The van der Waals surface area contributed by atoms with Gasteiger partial charge in [0.2, 0.25) is 0 Å². The summed E-state index contributed by atoms with van der Waals surface area (Å²) in [5, 5.41) is 12.9. The van der Waals surface area contributed by atoms with Gasteiger partial charge in [0.25, 0.3) is 5.91 Å². The largest absolute Gasteiger partial charge is 0.481 e. The highest BCUT2D eigenvalue weighted by atomic mass is 79.9. The van der Waals surface area contributed by atoms with Crippen molar-refractivity contribution in [1.29, 1.82) is 0 Å². The van der Waals surface area contributed by atoms with Crippen LogP contribution in [0.25, 0.3) is 10.9 Å². The number of nitrogens with one attached hydrogen (secondary N) is 2. The first kappa shape index (κ1) is 14.1. The lowest BCUT2D eigenvalue weighted by Gasteiger charge is -2.11. The first-order valence-corrected chi connectivity index (χ1v) is 7.64. The number of hydrogen-bond acceptors (Lipinski definition) is 2. The first-order chi connectivity index (χ1) is 10.0. The molecule has 1 aromatic carbocycles. The molecule has 110 valence electrons. The number of carbonyl (C=O) groups excluding carboxylic acids is 1. The normalized spacial score (nSPS) is 21.6. The van der Waals surface area contributed by atoms with Crippen LogP contribution in [0.4, 0.5) is 0 Å². The van der Waals surface area contributed by atoms with Crippen molar-refractivity contribution in [1.82, 2.24) is 10.3 Å². The predicted molar refractivity (Wildman–Crippen MR) is 82.2 cm³/mol. The number of halogens is 1. The van der Waals surface area contributed by atoms with Crippen molar-refractivity contribution in [2.75, 3.05) is 0 Å². The van der Waals surface area contributed by atoms with Crippen molar-refractivity contribution in [3.8, 4) is 0 Å². The number of benzene rings is 1. The second kappa shape index (κ2) is 5.52. The van der Waals surface area contributed by atoms with E-state index in [0.717, 1.165) is 15.4 Å². The van der Waals surface area contributed by atoms with Crippen molar-refractivity contribution in [3.63, 3.8) is 0 Å². The molecule has 5 nitrogen and oxygen atoms in total. The average molecular weight is 351 g/mol. The van der Waals surface area contributed by atoms with Crippen LogP contribution in [0, 0.1) is 5.92 Å². The molecule has 1 aliphatic rings. The number of carboxylic acids is 1. The number of aromatic nitrogens is 1. The zero-order chi connectivity index (χ0) is 15.0. The molecule has 3 N–H and O–H groups in total. The highest BCUT2D eigenvalue weighted by Crippen LogP contribution is 2.26. The van der Waals surface area contributed by atoms with Gasteiger partial charge < -0.3 is 15.4 Å². The quantitative estimate of drug-likeness (QED) is 0.795. The smallest absolute Gasteiger partial charge is 0.306 e. The van der Waals surface area contributed by atoms with E-state index in [2.05, 4.69) is 26.2 Å². The lowest BCUT2D eigenvalue weighted by molar-refractivity contribution is -0.141. The average Bonchev–Trinajstić information content (AvgIpc) is 3.04. The molecule has 0 spiro atoms. The van der Waals surface area contributed by atoms with Crippen LogP contribution in [0.1, 0.15) is 29.8 Å². The van der Waals surface area contributed by atoms with Gasteiger partial charge in [0.15, 0.2) is 0 Å². The van der Waals surface area contributed by atoms with E-state index in [1.54, 1.807) is 6.07 Å². The number of fused-ring (bicyclic) bond motifs is 1. The lowest BCUT2D eigenvalue weighted by Crippen LogP contribution is -2.33. The third-order valence-electron chi connectivity index (χ3n) is 3.94. The summed E-state index contributed by atoms with van der Waals surface area (Å²) < 4.78 is 0.959. The van der Waals surface area contributed by atoms with E-state index in [1.807, 2.05) is 18.2 Å². The number of rotatable bonds is 3. The molecule has 6 heteroatoms. The fourth-order valence-corrected chi connectivity index (χ4v) is 3.20. The maximum atomic E-state index is 12.2. The SMILES string of the molecule is O=C(N[C@@H]1CC[C@H](C(=O)O)C1)c1cc2cc(Br)ccc2[nH]1. The molecular weight excluding hydrogens is 336 g/mol. The summed E-state index contributed by atoms with van der Waals surface area (Å²) in [5.74, 6) is -1.30. The number of hydrogen-bond donors (Lipinski definition) is 3. The van der Waals surface area contributed by atoms with Crippen LogP contribution in [-0.4, -0.2) is 28.0 Å². The van der Waals surface area contributed by atoms with Gasteiger partial charge in [-0.15, -0.1) is 0 Å². The molecule has 3 rings (SSSR count). The van der Waals surface area contributed by atoms with E-state index in [9.17, 15) is 9.59 Å². The minimum Gasteiger partial charge on any atom is -0.481 e. The minimum absolute atomic E-state index is 0.0586. The molecule has 1 fully saturated rings. The van der Waals surface area contributed by atoms with E-state index < -0.39 is 5.97 Å². The number of H-pyrrole nitrogens is 1. The van der Waals surface area contributed by atoms with Gasteiger partial charge in [-0.1, -0.05) is 15.9 Å². The highest BCUT2D eigenvalue weighted by molar-refractivity contribution is 9.10. The molecule has 0 bridgehead atoms. The Bertz CT molecular complexity index is 710. The van der Waals surface area contributed by atoms with Gasteiger partial charge in [0.1, 0.15) is 5.69 Å². The van der Waals surface area contributed by atoms with Crippen molar-refractivity contribution in [2.45, 2.75) is 25.3 Å². The molecule has 2 atom stereocenters. The Balaban J connectivity index is 1.71. The van der Waals surface area contributed by atoms with E-state index in [1.165, 1.54) is 0 Å². The Kier molecular flexibility index (Phi) is 3.71. The Morgan fingerprint density at radius 2 is 2.10 bits per heavy atom. The second-order valence-corrected chi connectivity index (χ2v) is 6.35. The zero-order valence-corrected chi connectivity index (χ0v) is 12.8. The van der Waals surface area contributed by atoms with Crippen LogP contribution in [0.5, 0.6) is 0 Å². The number of aliphatic carboxylic acids is 1. The maximum absolute atomic E-state index is 12.2. The van der Waals surface area contributed by atoms with Gasteiger partial charge in [0.05, 0.1) is 5.92 Å². The first-order valence-electron chi connectivity index (χ1n) is 6.85. The van der Waals surface area contributed by atoms with Gasteiger partial charge >= 0.3 is 5.97 Å². The molecule has 21 heavy (non-hydrogen) atoms. The lowest BCUT2D eigenvalue weighted by atomic mass is 10.1. The third kappa shape index (κ3) is 2.95. The van der Waals surface area contributed by atoms with Crippen LogP contribution in [0.15, 0.2) is 28.7 Å². The van der Waals surface area contributed by atoms with Gasteiger partial charge in [-0.25, -0.2) is 0 Å². The molecule has 0 unspecified atom stereocenters. The van der Waals surface area contributed by atoms with E-state index in [0.29, 0.717) is 25.0 Å². The molecule has 1 aromatic heterocycles. The Hall–Kier alpha value is -1.82. The summed E-state index contributed by atoms with van der Waals surface area (Å²) in [7, 11) is 0. The van der Waals surface area contributed by atoms with Crippen LogP contribution in [0.2, 0.25) is 0 Å². The van der Waals surface area contributed by atoms with E-state index in [-0.39, 0.29) is 17.9 Å². The molecular formula is C15H15BrN2O3. The summed E-state index contributed by atoms with van der Waals surface area (Å²) in [6, 6.07) is 7.51. The van der Waals surface area contributed by atoms with Crippen molar-refractivity contribution < 1.29 is 14.7 Å². The predicted octanol–water partition coefficient (Wildman–Crippen LogP) is 2.91. The Morgan fingerprint density at radius 1 is 1.29 bits per heavy atom. The molecule has 0 saturated heterocycles. The summed E-state index contributed by atoms with van der Waals surface area (Å²) in [6.07, 6.45) is 1.85. The molecule has 1 amide bonds. The van der Waals surface area contributed by atoms with Crippen molar-refractivity contribution in [2.24, 2.45) is 5.92 Å². The molecule has 1 aliphatic carbocycles. The summed E-state index contributed by atoms with van der Waals surface area (Å²) in [6.45, 7) is 0. The minimum atomic E-state index is -0.776. The van der Waals surface area contributed by atoms with Gasteiger partial charge in [-0.3, -0.25) is 9.59 Å². The van der Waals surface area contributed by atoms with Gasteiger partial charge in [-0.05, 0) is 43.5 Å². The van der Waals surface area contributed by atoms with Crippen molar-refractivity contribution in [3.05, 3.63) is 34.4 Å². The summed E-state index contributed by atoms with van der Waals surface area (Å²) in [4.78, 5) is 26.2. The van der Waals surface area contributed by atoms with Crippen LogP contribution < -0.4 is 5.32 Å². The molecule has 2 aromatic rings. The Morgan fingerprint density at radius 3 is 2.81 bits per heavy atom. The second-order valence-electron chi connectivity index (χ2n) is 5.43. The fraction of sp³-hybridized carbons (Fsp3) is 0.333. The number of amides is 1. The van der Waals surface area contributed by atoms with Gasteiger partial charge in [-0.2, -0.15) is 0 Å². The van der Waals surface area contributed by atoms with Crippen LogP contribution >= 0.6 is 15.9 Å². The fourth-order valence-electron chi connectivity index (χ4n) is 2.83. The standard InChI is InChI=1S/C15H15BrN2O3/c16-10-2-4-12-9(5-10)7-13(18-12)14(19)17-11-3-1-8(6-11)15(20)21/h2,4-5,7-8,11,18H,1,3,6H2,(H,17,19)(H,20,21)/t8-,11+/m0/s1. The maximum Gasteiger partial charge on any atom is 0.306 e. The topological polar surface area (TPSA) is 82.2 Å². The zero-order valence-electron chi connectivity index (χ0n) is 11.2. The van der Waals surface area contributed by atoms with Crippen molar-refractivity contribution >= 4 is 38.7 Å². The Labute approximate surface area is 129 Å². The molecule has 1 heterocycles. The summed E-state index contributed by atoms with van der Waals surface area (Å²) in [5.41, 5.74) is 1.40. The highest BCUT2D eigenvalue weighted by Gasteiger charge is 2.30. The van der Waals surface area contributed by atoms with Crippen LogP contribution in [-0.2, 0) is 4.79 Å².